The predicted octanol–water partition coefficient (Wildman–Crippen LogP) is 9.83. The topological polar surface area (TPSA) is 320 Å². The van der Waals surface area contributed by atoms with Gasteiger partial charge in [-0.1, -0.05) is 72.1 Å². The molecule has 9 N–H and O–H groups in total. The van der Waals surface area contributed by atoms with E-state index in [4.69, 9.17) is 71.8 Å². The van der Waals surface area contributed by atoms with Crippen LogP contribution >= 0.6 is 60.2 Å². The summed E-state index contributed by atoms with van der Waals surface area (Å²) in [4.78, 5) is 45.8. The van der Waals surface area contributed by atoms with Crippen LogP contribution in [-0.4, -0.2) is 89.7 Å². The lowest BCUT2D eigenvalue weighted by Crippen LogP contribution is -2.25. The van der Waals surface area contributed by atoms with Gasteiger partial charge in [0.05, 0.1) is 29.5 Å². The molecule has 5 aliphatic heterocycles. The molecule has 0 bridgehead atoms. The number of nitrogens with two attached hydrogens (primary N) is 2. The maximum Gasteiger partial charge on any atom is 0.365 e. The Morgan fingerprint density at radius 1 is 0.455 bits per heavy atom. The number of hydrogen-bond donors (Lipinski definition) is 7. The smallest absolute Gasteiger partial charge is 0.365 e. The molecule has 0 radical (unpaired) electrons. The Hall–Kier alpha value is -9.83. The predicted molar refractivity (Wildman–Crippen MR) is 341 cm³/mol. The first-order valence-corrected chi connectivity index (χ1v) is 29.4. The van der Waals surface area contributed by atoms with Crippen LogP contribution in [0.25, 0.3) is 0 Å². The minimum absolute atomic E-state index is 0.355. The van der Waals surface area contributed by atoms with Crippen molar-refractivity contribution in [3.63, 3.8) is 0 Å². The van der Waals surface area contributed by atoms with Crippen molar-refractivity contribution in [3.8, 4) is 46.1 Å². The molecule has 0 fully saturated rings. The second-order valence-electron chi connectivity index (χ2n) is 18.9. The van der Waals surface area contributed by atoms with Gasteiger partial charge in [0.1, 0.15) is 36.1 Å². The summed E-state index contributed by atoms with van der Waals surface area (Å²) in [6.45, 7) is 1.70. The largest absolute Gasteiger partial charge is 0.490 e. The zero-order valence-corrected chi connectivity index (χ0v) is 51.3. The molecule has 0 spiro atoms. The Morgan fingerprint density at radius 2 is 0.909 bits per heavy atom. The number of aryl methyl sites for hydroxylation is 5. The van der Waals surface area contributed by atoms with Crippen LogP contribution < -0.4 is 73.1 Å². The van der Waals surface area contributed by atoms with Crippen LogP contribution in [0.4, 0.5) is 57.5 Å². The molecule has 0 saturated heterocycles. The Morgan fingerprint density at radius 3 is 1.50 bits per heavy atom. The Balaban J connectivity index is 0.000000114. The van der Waals surface area contributed by atoms with E-state index in [0.717, 1.165) is 54.2 Å². The Kier molecular flexibility index (Phi) is 18.0. The molecule has 5 aliphatic rings. The van der Waals surface area contributed by atoms with E-state index in [-0.39, 0.29) is 11.4 Å². The van der Waals surface area contributed by atoms with Gasteiger partial charge in [0.25, 0.3) is 5.88 Å². The van der Waals surface area contributed by atoms with Gasteiger partial charge in [-0.15, -0.1) is 5.10 Å². The molecule has 27 nitrogen and oxygen atoms in total. The average Bonchev–Trinajstić information content (AvgIpc) is 3.31. The maximum absolute atomic E-state index is 11.6. The summed E-state index contributed by atoms with van der Waals surface area (Å²) in [6, 6.07) is 34.6. The number of aromatic nitrogens is 13. The third kappa shape index (κ3) is 13.4. The van der Waals surface area contributed by atoms with E-state index in [9.17, 15) is 9.59 Å². The first-order valence-electron chi connectivity index (χ1n) is 26.5. The van der Waals surface area contributed by atoms with Crippen LogP contribution in [0.3, 0.4) is 0 Å². The number of ether oxygens (including phenoxy) is 5. The molecule has 448 valence electrons. The van der Waals surface area contributed by atoms with Gasteiger partial charge in [0.2, 0.25) is 14.3 Å². The number of nitrogens with one attached hydrogen (secondary N) is 5. The zero-order chi connectivity index (χ0) is 61.6. The van der Waals surface area contributed by atoms with Gasteiger partial charge in [-0.05, 0) is 97.3 Å². The van der Waals surface area contributed by atoms with Crippen molar-refractivity contribution in [2.75, 3.05) is 52.9 Å². The fourth-order valence-electron chi connectivity index (χ4n) is 8.31. The van der Waals surface area contributed by atoms with Gasteiger partial charge in [-0.25, -0.2) is 23.6 Å². The van der Waals surface area contributed by atoms with Gasteiger partial charge < -0.3 is 66.3 Å². The summed E-state index contributed by atoms with van der Waals surface area (Å²) in [5.41, 5.74) is 14.4. The molecule has 0 amide bonds. The average molecular weight is 1280 g/mol. The fourth-order valence-corrected chi connectivity index (χ4v) is 10.6. The highest BCUT2D eigenvalue weighted by atomic mass is 32.2. The lowest BCUT2D eigenvalue weighted by atomic mass is 10.2. The second kappa shape index (κ2) is 26.4. The molecule has 88 heavy (non-hydrogen) atoms. The lowest BCUT2D eigenvalue weighted by Gasteiger charge is -2.23. The maximum atomic E-state index is 11.6. The first-order chi connectivity index (χ1) is 42.6. The molecular weight excluding hydrogens is 1230 g/mol. The van der Waals surface area contributed by atoms with E-state index in [1.165, 1.54) is 25.7 Å². The van der Waals surface area contributed by atoms with E-state index >= 15 is 0 Å². The molecular formula is C56H52N20O7S5. The highest BCUT2D eigenvalue weighted by molar-refractivity contribution is 8.00. The fraction of sp³-hybridized carbons (Fsp3) is 0.161. The Labute approximate surface area is 524 Å². The zero-order valence-electron chi connectivity index (χ0n) is 47.2. The second-order valence-corrected chi connectivity index (χ2v) is 22.0. The number of hydrogen-bond acceptors (Lipinski definition) is 27. The number of nitrogens with zero attached hydrogens (tertiary/aromatic N) is 13. The molecule has 5 aromatic heterocycles. The monoisotopic (exact) mass is 1280 g/mol. The van der Waals surface area contributed by atoms with Gasteiger partial charge in [0.15, 0.2) is 67.9 Å². The molecule has 0 saturated carbocycles. The van der Waals surface area contributed by atoms with Crippen molar-refractivity contribution >= 4 is 118 Å². The molecule has 32 heteroatoms. The molecule has 0 atom stereocenters. The quantitative estimate of drug-likeness (QED) is 0.0761. The standard InChI is InChI=1S/C13H14N4O3.C13H14N4O2S.2C10H8N4OS.C10H8N4S2/c1-17-7-10-12(16-13(17)18)15-11-8(19-6-5-14)3-2-4-9(11)20-10;1-17-7-10-12(16-13(17)20)15-11-8(18-6-5-14)3-2-4-9(11)19-10;1-14-10(15)12-8-9(13-14)16-7-5-3-2-4-6(7)11-8;1-14-10(16)12-8-9(13-14)15-7-5-3-2-4-6(7)11-8;1-14-10(15)12-8-9(13-14)16-7-5-3-2-4-6(7)11-8/h2-4,7H,5-6,14H2,1H3,(H,15,16,18);2-4,7H,5-6,14H2,1H3,(H,15,16,20);2-5H,1H3,(H,11,12,15);2-5H,1H3,(H,11,12,16);2-5H,1H3,(H,11,12,15). The highest BCUT2D eigenvalue weighted by Crippen LogP contribution is 2.47. The van der Waals surface area contributed by atoms with Crippen molar-refractivity contribution in [1.29, 1.82) is 0 Å². The summed E-state index contributed by atoms with van der Waals surface area (Å²) in [5.74, 6) is 7.70. The minimum atomic E-state index is -0.358. The summed E-state index contributed by atoms with van der Waals surface area (Å²) in [6.07, 6.45) is 3.39. The van der Waals surface area contributed by atoms with Gasteiger partial charge in [-0.3, -0.25) is 4.57 Å². The van der Waals surface area contributed by atoms with Crippen LogP contribution in [-0.2, 0) is 35.2 Å². The van der Waals surface area contributed by atoms with E-state index in [1.807, 2.05) is 104 Å². The number of anilines is 10. The van der Waals surface area contributed by atoms with Crippen molar-refractivity contribution in [2.24, 2.45) is 46.7 Å². The van der Waals surface area contributed by atoms with E-state index in [1.54, 1.807) is 67.7 Å². The number of rotatable bonds is 6. The Bertz CT molecular complexity index is 4250. The van der Waals surface area contributed by atoms with Crippen molar-refractivity contribution in [2.45, 2.75) is 19.8 Å². The molecule has 0 unspecified atom stereocenters. The molecule has 10 aromatic rings. The third-order valence-electron chi connectivity index (χ3n) is 12.6. The van der Waals surface area contributed by atoms with Crippen LogP contribution in [0.2, 0.25) is 0 Å². The first kappa shape index (κ1) is 59.9. The van der Waals surface area contributed by atoms with Crippen LogP contribution in [0.5, 0.6) is 46.1 Å². The van der Waals surface area contributed by atoms with E-state index in [2.05, 4.69) is 72.9 Å². The number of para-hydroxylation sites is 6. The lowest BCUT2D eigenvalue weighted by molar-refractivity contribution is 0.327. The number of fused-ring (bicyclic) bond motifs is 10. The third-order valence-corrected chi connectivity index (χ3v) is 15.8. The summed E-state index contributed by atoms with van der Waals surface area (Å²) >= 11 is 18.4. The van der Waals surface area contributed by atoms with E-state index in [0.29, 0.717) is 110 Å². The van der Waals surface area contributed by atoms with Crippen molar-refractivity contribution in [3.05, 3.63) is 157 Å². The van der Waals surface area contributed by atoms with Crippen molar-refractivity contribution < 1.29 is 23.7 Å². The molecule has 15 rings (SSSR count). The van der Waals surface area contributed by atoms with Gasteiger partial charge >= 0.3 is 11.4 Å². The van der Waals surface area contributed by atoms with Gasteiger partial charge in [-0.2, -0.15) is 35.1 Å². The highest BCUT2D eigenvalue weighted by Gasteiger charge is 2.25. The molecule has 10 heterocycles. The summed E-state index contributed by atoms with van der Waals surface area (Å²) in [7, 11) is 8.58. The summed E-state index contributed by atoms with van der Waals surface area (Å²) in [5, 5.41) is 30.0. The molecule has 0 aliphatic carbocycles. The normalized spacial score (nSPS) is 12.2. The molecule has 5 aromatic carbocycles. The SMILES string of the molecule is Cn1cc2c(nc1=O)Nc1c(OCCN)cccc1O2.Cn1cc2c(nc1=S)Nc1c(OCCN)cccc1O2.Cn1nc2c(nc1=O)Nc1ccccc1S2.Cn1nc2c(nc1=S)Nc1ccccc1O2.Cn1nc2c(nc1=S)Nc1ccccc1S2. The van der Waals surface area contributed by atoms with Gasteiger partial charge in [0, 0.05) is 58.1 Å². The minimum Gasteiger partial charge on any atom is -0.490 e. The summed E-state index contributed by atoms with van der Waals surface area (Å²) < 4.78 is 37.1. The van der Waals surface area contributed by atoms with Crippen LogP contribution in [0.1, 0.15) is 0 Å². The van der Waals surface area contributed by atoms with Crippen LogP contribution in [0.15, 0.2) is 151 Å². The number of benzene rings is 5. The van der Waals surface area contributed by atoms with Crippen molar-refractivity contribution in [1.82, 2.24) is 63.4 Å². The van der Waals surface area contributed by atoms with Crippen LogP contribution in [0, 0.1) is 14.3 Å². The van der Waals surface area contributed by atoms with E-state index < -0.39 is 0 Å².